The van der Waals surface area contributed by atoms with Crippen molar-refractivity contribution in [2.24, 2.45) is 0 Å². The molecule has 162 valence electrons. The molecule has 0 saturated heterocycles. The normalized spacial score (nSPS) is 12.1. The van der Waals surface area contributed by atoms with Crippen molar-refractivity contribution in [2.45, 2.75) is 32.6 Å². The number of hydrogen-bond donors (Lipinski definition) is 3. The molecule has 0 aliphatic carbocycles. The van der Waals surface area contributed by atoms with Gasteiger partial charge in [0, 0.05) is 24.4 Å². The Labute approximate surface area is 180 Å². The minimum atomic E-state index is -0.381. The molecule has 8 heteroatoms. The van der Waals surface area contributed by atoms with Gasteiger partial charge in [0.15, 0.2) is 11.5 Å². The van der Waals surface area contributed by atoms with Crippen LogP contribution in [-0.2, 0) is 12.8 Å². The van der Waals surface area contributed by atoms with Crippen LogP contribution in [0, 0.1) is 0 Å². The van der Waals surface area contributed by atoms with E-state index in [4.69, 9.17) is 14.6 Å². The molecule has 2 amide bonds. The zero-order valence-corrected chi connectivity index (χ0v) is 17.4. The van der Waals surface area contributed by atoms with E-state index in [0.717, 1.165) is 36.2 Å². The molecule has 4 rings (SSSR count). The first kappa shape index (κ1) is 20.7. The van der Waals surface area contributed by atoms with Gasteiger partial charge in [-0.1, -0.05) is 25.5 Å². The third-order valence-corrected chi connectivity index (χ3v) is 4.97. The van der Waals surface area contributed by atoms with Gasteiger partial charge < -0.3 is 19.9 Å². The number of carbonyl (C=O) groups is 1. The molecular formula is C23H26N4O4. The molecule has 2 aromatic carbocycles. The van der Waals surface area contributed by atoms with Gasteiger partial charge in [0.2, 0.25) is 6.79 Å². The number of aryl methyl sites for hydroxylation is 1. The van der Waals surface area contributed by atoms with Crippen LogP contribution in [0.5, 0.6) is 11.5 Å². The van der Waals surface area contributed by atoms with E-state index in [1.165, 1.54) is 0 Å². The highest BCUT2D eigenvalue weighted by Crippen LogP contribution is 2.34. The smallest absolute Gasteiger partial charge is 0.324 e. The Balaban J connectivity index is 1.55. The largest absolute Gasteiger partial charge is 0.454 e. The molecule has 0 spiro atoms. The van der Waals surface area contributed by atoms with Crippen molar-refractivity contribution >= 4 is 17.5 Å². The molecule has 1 aromatic heterocycles. The Kier molecular flexibility index (Phi) is 6.37. The van der Waals surface area contributed by atoms with E-state index < -0.39 is 0 Å². The lowest BCUT2D eigenvalue weighted by atomic mass is 10.1. The molecule has 0 radical (unpaired) electrons. The van der Waals surface area contributed by atoms with Crippen LogP contribution in [0.2, 0.25) is 0 Å². The molecule has 2 heterocycles. The lowest BCUT2D eigenvalue weighted by molar-refractivity contribution is 0.174. The molecule has 0 bridgehead atoms. The van der Waals surface area contributed by atoms with Gasteiger partial charge in [0.1, 0.15) is 5.82 Å². The minimum Gasteiger partial charge on any atom is -0.454 e. The lowest BCUT2D eigenvalue weighted by Crippen LogP contribution is -2.21. The van der Waals surface area contributed by atoms with Gasteiger partial charge in [-0.05, 0) is 49.1 Å². The van der Waals surface area contributed by atoms with Crippen LogP contribution < -0.4 is 20.1 Å². The summed E-state index contributed by atoms with van der Waals surface area (Å²) in [6.45, 7) is 2.39. The van der Waals surface area contributed by atoms with Gasteiger partial charge in [-0.15, -0.1) is 0 Å². The van der Waals surface area contributed by atoms with E-state index in [2.05, 4.69) is 17.6 Å². The fraction of sp³-hybridized carbons (Fsp3) is 0.304. The number of fused-ring (bicyclic) bond motifs is 1. The number of aliphatic hydroxyl groups excluding tert-OH is 1. The van der Waals surface area contributed by atoms with Gasteiger partial charge in [-0.2, -0.15) is 5.10 Å². The first-order valence-electron chi connectivity index (χ1n) is 10.4. The fourth-order valence-corrected chi connectivity index (χ4v) is 3.42. The number of aliphatic hydroxyl groups is 1. The number of unbranched alkanes of at least 4 members (excludes halogenated alkanes) is 1. The SMILES string of the molecule is CCCCc1cc(NC(=O)Nc2ccc3c(c2)OCO3)n(-c2cccc(CCO)c2)n1. The summed E-state index contributed by atoms with van der Waals surface area (Å²) in [7, 11) is 0. The van der Waals surface area contributed by atoms with E-state index in [1.807, 2.05) is 30.3 Å². The van der Waals surface area contributed by atoms with Crippen molar-refractivity contribution in [2.75, 3.05) is 24.0 Å². The van der Waals surface area contributed by atoms with Gasteiger partial charge in [0.25, 0.3) is 0 Å². The molecule has 0 unspecified atom stereocenters. The summed E-state index contributed by atoms with van der Waals surface area (Å²) < 4.78 is 12.4. The number of nitrogens with zero attached hydrogens (tertiary/aromatic N) is 2. The molecule has 1 aliphatic heterocycles. The number of aromatic nitrogens is 2. The van der Waals surface area contributed by atoms with E-state index in [-0.39, 0.29) is 19.4 Å². The van der Waals surface area contributed by atoms with Crippen molar-refractivity contribution in [1.82, 2.24) is 9.78 Å². The molecule has 8 nitrogen and oxygen atoms in total. The number of benzene rings is 2. The molecule has 3 N–H and O–H groups in total. The summed E-state index contributed by atoms with van der Waals surface area (Å²) in [5.41, 5.74) is 3.34. The maximum absolute atomic E-state index is 12.7. The van der Waals surface area contributed by atoms with E-state index >= 15 is 0 Å². The fourth-order valence-electron chi connectivity index (χ4n) is 3.42. The molecular weight excluding hydrogens is 396 g/mol. The van der Waals surface area contributed by atoms with Gasteiger partial charge in [-0.25, -0.2) is 9.48 Å². The predicted molar refractivity (Wildman–Crippen MR) is 118 cm³/mol. The van der Waals surface area contributed by atoms with Crippen molar-refractivity contribution < 1.29 is 19.4 Å². The maximum Gasteiger partial charge on any atom is 0.324 e. The number of amides is 2. The van der Waals surface area contributed by atoms with Crippen molar-refractivity contribution in [3.63, 3.8) is 0 Å². The molecule has 0 atom stereocenters. The molecule has 0 saturated carbocycles. The van der Waals surface area contributed by atoms with Crippen molar-refractivity contribution in [3.05, 3.63) is 59.8 Å². The van der Waals surface area contributed by atoms with Crippen LogP contribution >= 0.6 is 0 Å². The first-order chi connectivity index (χ1) is 15.2. The van der Waals surface area contributed by atoms with E-state index in [0.29, 0.717) is 29.4 Å². The first-order valence-corrected chi connectivity index (χ1v) is 10.4. The monoisotopic (exact) mass is 422 g/mol. The van der Waals surface area contributed by atoms with E-state index in [1.54, 1.807) is 22.9 Å². The molecule has 1 aliphatic rings. The van der Waals surface area contributed by atoms with Gasteiger partial charge in [0.05, 0.1) is 11.4 Å². The third kappa shape index (κ3) is 4.97. The van der Waals surface area contributed by atoms with Crippen LogP contribution in [0.4, 0.5) is 16.3 Å². The van der Waals surface area contributed by atoms with Crippen molar-refractivity contribution in [3.8, 4) is 17.2 Å². The summed E-state index contributed by atoms with van der Waals surface area (Å²) in [6, 6.07) is 14.5. The van der Waals surface area contributed by atoms with E-state index in [9.17, 15) is 9.90 Å². The average Bonchev–Trinajstić information content (AvgIpc) is 3.39. The molecule has 0 fully saturated rings. The second-order valence-corrected chi connectivity index (χ2v) is 7.33. The standard InChI is InChI=1S/C23H26N4O4/c1-2-3-6-18-14-22(27(26-18)19-7-4-5-16(12-19)10-11-28)25-23(29)24-17-8-9-20-21(13-17)31-15-30-20/h4-5,7-9,12-14,28H,2-3,6,10-11,15H2,1H3,(H2,24,25,29). The summed E-state index contributed by atoms with van der Waals surface area (Å²) in [4.78, 5) is 12.7. The number of ether oxygens (including phenoxy) is 2. The predicted octanol–water partition coefficient (Wildman–Crippen LogP) is 4.12. The Morgan fingerprint density at radius 1 is 1.10 bits per heavy atom. The second-order valence-electron chi connectivity index (χ2n) is 7.33. The average molecular weight is 422 g/mol. The number of rotatable bonds is 8. The van der Waals surface area contributed by atoms with Gasteiger partial charge in [-0.3, -0.25) is 5.32 Å². The highest BCUT2D eigenvalue weighted by molar-refractivity contribution is 5.99. The van der Waals surface area contributed by atoms with Crippen LogP contribution in [0.1, 0.15) is 31.0 Å². The second kappa shape index (κ2) is 9.53. The molecule has 3 aromatic rings. The highest BCUT2D eigenvalue weighted by atomic mass is 16.7. The summed E-state index contributed by atoms with van der Waals surface area (Å²) >= 11 is 0. The van der Waals surface area contributed by atoms with Gasteiger partial charge >= 0.3 is 6.03 Å². The summed E-state index contributed by atoms with van der Waals surface area (Å²) in [5, 5.41) is 19.7. The van der Waals surface area contributed by atoms with Crippen LogP contribution in [-0.4, -0.2) is 34.3 Å². The molecule has 31 heavy (non-hydrogen) atoms. The quantitative estimate of drug-likeness (QED) is 0.507. The van der Waals surface area contributed by atoms with Crippen LogP contribution in [0.15, 0.2) is 48.5 Å². The maximum atomic E-state index is 12.7. The zero-order valence-electron chi connectivity index (χ0n) is 17.4. The lowest BCUT2D eigenvalue weighted by Gasteiger charge is -2.11. The Morgan fingerprint density at radius 3 is 2.81 bits per heavy atom. The Hall–Kier alpha value is -3.52. The van der Waals surface area contributed by atoms with Crippen LogP contribution in [0.3, 0.4) is 0 Å². The minimum absolute atomic E-state index is 0.0767. The Bertz CT molecular complexity index is 1060. The number of hydrogen-bond acceptors (Lipinski definition) is 5. The topological polar surface area (TPSA) is 97.6 Å². The number of anilines is 2. The number of nitrogens with one attached hydrogen (secondary N) is 2. The van der Waals surface area contributed by atoms with Crippen LogP contribution in [0.25, 0.3) is 5.69 Å². The number of urea groups is 1. The highest BCUT2D eigenvalue weighted by Gasteiger charge is 2.16. The number of carbonyl (C=O) groups excluding carboxylic acids is 1. The zero-order chi connectivity index (χ0) is 21.6. The Morgan fingerprint density at radius 2 is 1.97 bits per heavy atom. The summed E-state index contributed by atoms with van der Waals surface area (Å²) in [6.07, 6.45) is 3.47. The van der Waals surface area contributed by atoms with Crippen molar-refractivity contribution in [1.29, 1.82) is 0 Å². The summed E-state index contributed by atoms with van der Waals surface area (Å²) in [5.74, 6) is 1.84. The third-order valence-electron chi connectivity index (χ3n) is 4.97.